The summed E-state index contributed by atoms with van der Waals surface area (Å²) in [5, 5.41) is 12.7. The van der Waals surface area contributed by atoms with Crippen molar-refractivity contribution >= 4 is 11.3 Å². The van der Waals surface area contributed by atoms with Gasteiger partial charge in [0.2, 0.25) is 0 Å². The van der Waals surface area contributed by atoms with E-state index in [4.69, 9.17) is 0 Å². The summed E-state index contributed by atoms with van der Waals surface area (Å²) >= 11 is 1.47. The number of rotatable bonds is 2. The predicted molar refractivity (Wildman–Crippen MR) is 59.9 cm³/mol. The third kappa shape index (κ3) is 2.22. The smallest absolute Gasteiger partial charge is 0.132 e. The Balaban J connectivity index is 2.32. The Kier molecular flexibility index (Phi) is 2.79. The van der Waals surface area contributed by atoms with Crippen LogP contribution >= 0.6 is 11.3 Å². The highest BCUT2D eigenvalue weighted by Gasteiger charge is 2.14. The second-order valence-electron chi connectivity index (χ2n) is 3.53. The van der Waals surface area contributed by atoms with Crippen LogP contribution < -0.4 is 0 Å². The predicted octanol–water partition coefficient (Wildman–Crippen LogP) is 2.24. The number of aliphatic hydroxyl groups is 1. The van der Waals surface area contributed by atoms with Crippen molar-refractivity contribution in [2.24, 2.45) is 0 Å². The number of aryl methyl sites for hydroxylation is 2. The van der Waals surface area contributed by atoms with Gasteiger partial charge in [-0.2, -0.15) is 0 Å². The molecule has 78 valence electrons. The molecule has 1 unspecified atom stereocenters. The molecule has 2 rings (SSSR count). The summed E-state index contributed by atoms with van der Waals surface area (Å²) in [6.45, 7) is 3.87. The summed E-state index contributed by atoms with van der Waals surface area (Å²) in [4.78, 5) is 8.31. The average Bonchev–Trinajstić information content (AvgIpc) is 2.64. The summed E-state index contributed by atoms with van der Waals surface area (Å²) in [6.07, 6.45) is 2.79. The topological polar surface area (TPSA) is 46.0 Å². The molecule has 0 bridgehead atoms. The van der Waals surface area contributed by atoms with Gasteiger partial charge in [-0.05, 0) is 25.5 Å². The van der Waals surface area contributed by atoms with Crippen molar-refractivity contribution in [2.75, 3.05) is 0 Å². The first kappa shape index (κ1) is 10.3. The van der Waals surface area contributed by atoms with Gasteiger partial charge in [-0.1, -0.05) is 0 Å². The van der Waals surface area contributed by atoms with Crippen LogP contribution in [0.25, 0.3) is 0 Å². The maximum atomic E-state index is 10.0. The second-order valence-corrected chi connectivity index (χ2v) is 4.41. The van der Waals surface area contributed by atoms with E-state index >= 15 is 0 Å². The molecule has 3 nitrogen and oxygen atoms in total. The Hall–Kier alpha value is -1.26. The third-order valence-corrected chi connectivity index (χ3v) is 3.10. The molecule has 0 aromatic carbocycles. The molecule has 0 saturated carbocycles. The Morgan fingerprint density at radius 2 is 2.13 bits per heavy atom. The zero-order valence-corrected chi connectivity index (χ0v) is 9.45. The van der Waals surface area contributed by atoms with Crippen molar-refractivity contribution in [3.05, 3.63) is 45.7 Å². The van der Waals surface area contributed by atoms with Crippen LogP contribution in [-0.4, -0.2) is 15.1 Å². The van der Waals surface area contributed by atoms with Gasteiger partial charge >= 0.3 is 0 Å². The number of nitrogens with zero attached hydrogens (tertiary/aromatic N) is 2. The monoisotopic (exact) mass is 220 g/mol. The lowest BCUT2D eigenvalue weighted by Gasteiger charge is -2.07. The quantitative estimate of drug-likeness (QED) is 0.844. The first-order valence-electron chi connectivity index (χ1n) is 4.68. The third-order valence-electron chi connectivity index (χ3n) is 2.08. The molecule has 0 aliphatic carbocycles. The molecule has 0 aliphatic heterocycles. The molecular formula is C11H12N2OS. The molecule has 2 heterocycles. The highest BCUT2D eigenvalue weighted by Crippen LogP contribution is 2.24. The van der Waals surface area contributed by atoms with E-state index in [-0.39, 0.29) is 0 Å². The molecule has 0 spiro atoms. The van der Waals surface area contributed by atoms with Gasteiger partial charge in [0.15, 0.2) is 0 Å². The molecule has 1 atom stereocenters. The molecule has 2 aromatic heterocycles. The van der Waals surface area contributed by atoms with Crippen molar-refractivity contribution in [3.63, 3.8) is 0 Å². The van der Waals surface area contributed by atoms with Gasteiger partial charge in [-0.25, -0.2) is 4.98 Å². The van der Waals surface area contributed by atoms with Crippen LogP contribution in [0.4, 0.5) is 0 Å². The molecule has 0 fully saturated rings. The van der Waals surface area contributed by atoms with Gasteiger partial charge < -0.3 is 5.11 Å². The molecule has 1 N–H and O–H groups in total. The molecular weight excluding hydrogens is 208 g/mol. The largest absolute Gasteiger partial charge is 0.381 e. The summed E-state index contributed by atoms with van der Waals surface area (Å²) in [7, 11) is 0. The summed E-state index contributed by atoms with van der Waals surface area (Å²) in [5.41, 5.74) is 2.78. The average molecular weight is 220 g/mol. The Labute approximate surface area is 92.5 Å². The molecule has 0 amide bonds. The van der Waals surface area contributed by atoms with Crippen LogP contribution in [0, 0.1) is 13.8 Å². The number of aliphatic hydroxyl groups excluding tert-OH is 1. The van der Waals surface area contributed by atoms with Gasteiger partial charge in [0.25, 0.3) is 0 Å². The van der Waals surface area contributed by atoms with Crippen LogP contribution in [0.5, 0.6) is 0 Å². The molecule has 15 heavy (non-hydrogen) atoms. The number of pyridine rings is 1. The van der Waals surface area contributed by atoms with Crippen LogP contribution in [0.1, 0.15) is 27.9 Å². The van der Waals surface area contributed by atoms with E-state index in [1.165, 1.54) is 11.3 Å². The Morgan fingerprint density at radius 1 is 1.33 bits per heavy atom. The normalized spacial score (nSPS) is 12.7. The van der Waals surface area contributed by atoms with Crippen LogP contribution in [-0.2, 0) is 0 Å². The van der Waals surface area contributed by atoms with E-state index in [1.807, 2.05) is 25.3 Å². The minimum atomic E-state index is -0.656. The number of thiazole rings is 1. The molecule has 0 radical (unpaired) electrons. The fraction of sp³-hybridized carbons (Fsp3) is 0.273. The van der Waals surface area contributed by atoms with Gasteiger partial charge in [-0.3, -0.25) is 4.98 Å². The summed E-state index contributed by atoms with van der Waals surface area (Å²) < 4.78 is 0. The van der Waals surface area contributed by atoms with Gasteiger partial charge in [0.05, 0.1) is 0 Å². The number of hydrogen-bond acceptors (Lipinski definition) is 4. The van der Waals surface area contributed by atoms with Gasteiger partial charge in [0, 0.05) is 29.0 Å². The molecule has 4 heteroatoms. The van der Waals surface area contributed by atoms with E-state index in [9.17, 15) is 5.11 Å². The fourth-order valence-electron chi connectivity index (χ4n) is 1.37. The van der Waals surface area contributed by atoms with Crippen molar-refractivity contribution in [1.29, 1.82) is 0 Å². The zero-order valence-electron chi connectivity index (χ0n) is 8.64. The number of hydrogen-bond donors (Lipinski definition) is 1. The van der Waals surface area contributed by atoms with E-state index in [2.05, 4.69) is 9.97 Å². The Morgan fingerprint density at radius 3 is 2.73 bits per heavy atom. The fourth-order valence-corrected chi connectivity index (χ4v) is 2.17. The lowest BCUT2D eigenvalue weighted by Crippen LogP contribution is -2.00. The lowest BCUT2D eigenvalue weighted by molar-refractivity contribution is 0.219. The first-order valence-corrected chi connectivity index (χ1v) is 5.56. The molecule has 0 aliphatic rings. The van der Waals surface area contributed by atoms with Crippen molar-refractivity contribution in [2.45, 2.75) is 20.0 Å². The maximum Gasteiger partial charge on any atom is 0.132 e. The van der Waals surface area contributed by atoms with E-state index in [0.29, 0.717) is 0 Å². The minimum Gasteiger partial charge on any atom is -0.381 e. The number of aromatic nitrogens is 2. The zero-order chi connectivity index (χ0) is 10.8. The second kappa shape index (κ2) is 4.08. The van der Waals surface area contributed by atoms with Crippen molar-refractivity contribution in [1.82, 2.24) is 9.97 Å². The summed E-state index contributed by atoms with van der Waals surface area (Å²) in [6, 6.07) is 1.92. The van der Waals surface area contributed by atoms with Gasteiger partial charge in [-0.15, -0.1) is 11.3 Å². The van der Waals surface area contributed by atoms with Crippen molar-refractivity contribution < 1.29 is 5.11 Å². The van der Waals surface area contributed by atoms with Crippen LogP contribution in [0.2, 0.25) is 0 Å². The lowest BCUT2D eigenvalue weighted by atomic mass is 10.1. The van der Waals surface area contributed by atoms with E-state index in [0.717, 1.165) is 21.8 Å². The highest BCUT2D eigenvalue weighted by molar-refractivity contribution is 7.09. The van der Waals surface area contributed by atoms with Crippen molar-refractivity contribution in [3.8, 4) is 0 Å². The minimum absolute atomic E-state index is 0.656. The van der Waals surface area contributed by atoms with E-state index in [1.54, 1.807) is 12.4 Å². The van der Waals surface area contributed by atoms with Crippen LogP contribution in [0.3, 0.4) is 0 Å². The molecule has 0 saturated heterocycles. The van der Waals surface area contributed by atoms with Gasteiger partial charge in [0.1, 0.15) is 11.1 Å². The highest BCUT2D eigenvalue weighted by atomic mass is 32.1. The standard InChI is InChI=1S/C11H12N2OS/c1-7-3-9(5-12-4-7)10(14)11-13-8(2)6-15-11/h3-6,10,14H,1-2H3. The first-order chi connectivity index (χ1) is 7.16. The SMILES string of the molecule is Cc1cncc(C(O)c2nc(C)cs2)c1. The molecule has 2 aromatic rings. The van der Waals surface area contributed by atoms with E-state index < -0.39 is 6.10 Å². The van der Waals surface area contributed by atoms with Crippen LogP contribution in [0.15, 0.2) is 23.8 Å². The summed E-state index contributed by atoms with van der Waals surface area (Å²) in [5.74, 6) is 0. The Bertz CT molecular complexity index is 467. The maximum absolute atomic E-state index is 10.0.